The second-order valence-electron chi connectivity index (χ2n) is 4.99. The van der Waals surface area contributed by atoms with E-state index >= 15 is 0 Å². The first-order valence-electron chi connectivity index (χ1n) is 7.49. The van der Waals surface area contributed by atoms with Crippen molar-refractivity contribution in [1.29, 1.82) is 0 Å². The number of thiazole rings is 1. The molecule has 1 aromatic heterocycles. The van der Waals surface area contributed by atoms with Crippen molar-refractivity contribution in [3.63, 3.8) is 0 Å². The normalized spacial score (nSPS) is 12.4. The van der Waals surface area contributed by atoms with Gasteiger partial charge in [0.2, 0.25) is 5.91 Å². The average Bonchev–Trinajstić information content (AvgIpc) is 2.99. The number of rotatable bonds is 8. The number of carbonyl (C=O) groups excluding carboxylic acids is 1. The Bertz CT molecular complexity index is 728. The molecule has 1 heterocycles. The summed E-state index contributed by atoms with van der Waals surface area (Å²) in [7, 11) is 0. The van der Waals surface area contributed by atoms with Gasteiger partial charge in [0.05, 0.1) is 27.7 Å². The molecule has 1 N–H and O–H groups in total. The predicted molar refractivity (Wildman–Crippen MR) is 97.8 cm³/mol. The van der Waals surface area contributed by atoms with Crippen molar-refractivity contribution in [3.05, 3.63) is 39.3 Å². The van der Waals surface area contributed by atoms with Crippen molar-refractivity contribution in [3.8, 4) is 0 Å². The van der Waals surface area contributed by atoms with Crippen LogP contribution in [0.5, 0.6) is 0 Å². The number of anilines is 1. The van der Waals surface area contributed by atoms with E-state index in [0.29, 0.717) is 24.1 Å². The first kappa shape index (κ1) is 20.1. The highest BCUT2D eigenvalue weighted by atomic mass is 35.5. The molecule has 1 unspecified atom stereocenters. The molecule has 0 spiro atoms. The molecule has 0 bridgehead atoms. The summed E-state index contributed by atoms with van der Waals surface area (Å²) in [6, 6.07) is 4.64. The minimum atomic E-state index is -2.63. The summed E-state index contributed by atoms with van der Waals surface area (Å²) in [5.41, 5.74) is 0.870. The van der Waals surface area contributed by atoms with Gasteiger partial charge >= 0.3 is 0 Å². The lowest BCUT2D eigenvalue weighted by molar-refractivity contribution is -0.115. The number of carbonyl (C=O) groups is 1. The highest BCUT2D eigenvalue weighted by Crippen LogP contribution is 2.37. The quantitative estimate of drug-likeness (QED) is 0.597. The van der Waals surface area contributed by atoms with E-state index in [0.717, 1.165) is 5.01 Å². The molecule has 0 saturated carbocycles. The van der Waals surface area contributed by atoms with E-state index in [-0.39, 0.29) is 34.0 Å². The SMILES string of the molecule is CCOC(C)c1nc(CC(=O)Nc2cccc(Cl)c2SC(F)F)cs1. The molecule has 1 aromatic carbocycles. The Labute approximate surface area is 157 Å². The lowest BCUT2D eigenvalue weighted by atomic mass is 10.2. The molecule has 9 heteroatoms. The zero-order valence-electron chi connectivity index (χ0n) is 13.6. The molecule has 0 aliphatic rings. The van der Waals surface area contributed by atoms with Gasteiger partial charge in [-0.3, -0.25) is 4.79 Å². The second-order valence-corrected chi connectivity index (χ2v) is 7.29. The zero-order valence-corrected chi connectivity index (χ0v) is 16.0. The third-order valence-electron chi connectivity index (χ3n) is 3.12. The van der Waals surface area contributed by atoms with E-state index in [9.17, 15) is 13.6 Å². The van der Waals surface area contributed by atoms with Gasteiger partial charge in [-0.25, -0.2) is 4.98 Å². The molecule has 2 aromatic rings. The van der Waals surface area contributed by atoms with Gasteiger partial charge < -0.3 is 10.1 Å². The molecule has 136 valence electrons. The van der Waals surface area contributed by atoms with E-state index in [4.69, 9.17) is 16.3 Å². The van der Waals surface area contributed by atoms with Crippen LogP contribution < -0.4 is 5.32 Å². The highest BCUT2D eigenvalue weighted by molar-refractivity contribution is 7.99. The van der Waals surface area contributed by atoms with E-state index in [1.54, 1.807) is 11.4 Å². The molecule has 25 heavy (non-hydrogen) atoms. The van der Waals surface area contributed by atoms with Gasteiger partial charge in [-0.05, 0) is 26.0 Å². The van der Waals surface area contributed by atoms with Crippen molar-refractivity contribution in [2.75, 3.05) is 11.9 Å². The number of nitrogens with zero attached hydrogens (tertiary/aromatic N) is 1. The third kappa shape index (κ3) is 5.91. The maximum absolute atomic E-state index is 12.7. The molecule has 0 radical (unpaired) electrons. The second kappa shape index (κ2) is 9.47. The van der Waals surface area contributed by atoms with E-state index in [1.807, 2.05) is 13.8 Å². The van der Waals surface area contributed by atoms with Gasteiger partial charge in [-0.1, -0.05) is 29.4 Å². The van der Waals surface area contributed by atoms with Crippen molar-refractivity contribution in [2.45, 2.75) is 37.0 Å². The zero-order chi connectivity index (χ0) is 18.4. The molecule has 0 aliphatic heterocycles. The number of amides is 1. The van der Waals surface area contributed by atoms with Crippen LogP contribution in [-0.2, 0) is 16.0 Å². The molecule has 0 aliphatic carbocycles. The number of hydrogen-bond acceptors (Lipinski definition) is 5. The van der Waals surface area contributed by atoms with E-state index < -0.39 is 5.76 Å². The number of nitrogens with one attached hydrogen (secondary N) is 1. The first-order valence-corrected chi connectivity index (χ1v) is 9.63. The standard InChI is InChI=1S/C16H17ClF2N2O2S2/c1-3-23-9(2)15-20-10(8-24-15)7-13(22)21-12-6-4-5-11(17)14(12)25-16(18)19/h4-6,8-9,16H,3,7H2,1-2H3,(H,21,22). The summed E-state index contributed by atoms with van der Waals surface area (Å²) in [6.45, 7) is 4.38. The summed E-state index contributed by atoms with van der Waals surface area (Å²) in [6.07, 6.45) is -0.0884. The Morgan fingerprint density at radius 1 is 1.48 bits per heavy atom. The van der Waals surface area contributed by atoms with Crippen LogP contribution in [0.2, 0.25) is 5.02 Å². The topological polar surface area (TPSA) is 51.2 Å². The summed E-state index contributed by atoms with van der Waals surface area (Å²) >= 11 is 7.68. The van der Waals surface area contributed by atoms with E-state index in [1.165, 1.54) is 23.5 Å². The van der Waals surface area contributed by atoms with Crippen molar-refractivity contribution in [2.24, 2.45) is 0 Å². The Kier molecular flexibility index (Phi) is 7.61. The lowest BCUT2D eigenvalue weighted by Crippen LogP contribution is -2.15. The summed E-state index contributed by atoms with van der Waals surface area (Å²) in [4.78, 5) is 16.7. The Hall–Kier alpha value is -1.22. The largest absolute Gasteiger partial charge is 0.372 e. The number of aromatic nitrogens is 1. The smallest absolute Gasteiger partial charge is 0.289 e. The maximum atomic E-state index is 12.7. The van der Waals surface area contributed by atoms with Gasteiger partial charge in [0.1, 0.15) is 11.1 Å². The number of alkyl halides is 2. The van der Waals surface area contributed by atoms with Crippen LogP contribution in [-0.4, -0.2) is 23.3 Å². The van der Waals surface area contributed by atoms with Crippen molar-refractivity contribution in [1.82, 2.24) is 4.98 Å². The number of benzene rings is 1. The Balaban J connectivity index is 2.05. The van der Waals surface area contributed by atoms with Gasteiger partial charge in [-0.15, -0.1) is 11.3 Å². The van der Waals surface area contributed by atoms with Gasteiger partial charge in [0.15, 0.2) is 0 Å². The van der Waals surface area contributed by atoms with Gasteiger partial charge in [0.25, 0.3) is 5.76 Å². The van der Waals surface area contributed by atoms with Crippen LogP contribution in [0.25, 0.3) is 0 Å². The Morgan fingerprint density at radius 3 is 2.92 bits per heavy atom. The van der Waals surface area contributed by atoms with Gasteiger partial charge in [0, 0.05) is 12.0 Å². The molecule has 4 nitrogen and oxygen atoms in total. The predicted octanol–water partition coefficient (Wildman–Crippen LogP) is 5.39. The van der Waals surface area contributed by atoms with Crippen LogP contribution >= 0.6 is 34.7 Å². The molecule has 1 atom stereocenters. The fraction of sp³-hybridized carbons (Fsp3) is 0.375. The Morgan fingerprint density at radius 2 is 2.24 bits per heavy atom. The van der Waals surface area contributed by atoms with Crippen LogP contribution in [0.1, 0.15) is 30.7 Å². The van der Waals surface area contributed by atoms with Crippen molar-refractivity contribution < 1.29 is 18.3 Å². The number of thioether (sulfide) groups is 1. The van der Waals surface area contributed by atoms with Gasteiger partial charge in [-0.2, -0.15) is 8.78 Å². The van der Waals surface area contributed by atoms with Crippen molar-refractivity contribution >= 4 is 46.3 Å². The molecule has 1 amide bonds. The molecular weight excluding hydrogens is 390 g/mol. The van der Waals surface area contributed by atoms with Crippen LogP contribution in [0.3, 0.4) is 0 Å². The third-order valence-corrected chi connectivity index (χ3v) is 5.46. The maximum Gasteiger partial charge on any atom is 0.289 e. The van der Waals surface area contributed by atoms with Crippen LogP contribution in [0.15, 0.2) is 28.5 Å². The fourth-order valence-electron chi connectivity index (χ4n) is 2.09. The average molecular weight is 407 g/mol. The molecular formula is C16H17ClF2N2O2S2. The van der Waals surface area contributed by atoms with Crippen LogP contribution in [0.4, 0.5) is 14.5 Å². The minimum Gasteiger partial charge on any atom is -0.372 e. The monoisotopic (exact) mass is 406 g/mol. The number of halogens is 3. The fourth-order valence-corrected chi connectivity index (χ4v) is 3.82. The van der Waals surface area contributed by atoms with E-state index in [2.05, 4.69) is 10.3 Å². The highest BCUT2D eigenvalue weighted by Gasteiger charge is 2.17. The molecule has 0 fully saturated rings. The minimum absolute atomic E-state index is 0.0423. The summed E-state index contributed by atoms with van der Waals surface area (Å²) in [5.74, 6) is -2.98. The first-order chi connectivity index (χ1) is 11.9. The van der Waals surface area contributed by atoms with Crippen LogP contribution in [0, 0.1) is 0 Å². The summed E-state index contributed by atoms with van der Waals surface area (Å²) in [5, 5.41) is 5.38. The summed E-state index contributed by atoms with van der Waals surface area (Å²) < 4.78 is 30.8. The number of hydrogen-bond donors (Lipinski definition) is 1. The molecule has 2 rings (SSSR count). The molecule has 0 saturated heterocycles. The lowest BCUT2D eigenvalue weighted by Gasteiger charge is -2.11. The number of ether oxygens (including phenoxy) is 1.